The molecule has 0 aromatic heterocycles. The average Bonchev–Trinajstić information content (AvgIpc) is 2.39. The Morgan fingerprint density at radius 1 is 1.41 bits per heavy atom. The number of ether oxygens (including phenoxy) is 2. The molecule has 1 saturated heterocycles. The van der Waals surface area contributed by atoms with Crippen molar-refractivity contribution in [1.82, 2.24) is 5.43 Å². The third-order valence-electron chi connectivity index (χ3n) is 3.21. The fourth-order valence-electron chi connectivity index (χ4n) is 2.11. The Labute approximate surface area is 102 Å². The Bertz CT molecular complexity index is 351. The Morgan fingerprint density at radius 2 is 2.24 bits per heavy atom. The van der Waals surface area contributed by atoms with Gasteiger partial charge in [-0.2, -0.15) is 0 Å². The first kappa shape index (κ1) is 12.5. The zero-order valence-electron chi connectivity index (χ0n) is 10.2. The molecule has 1 aromatic rings. The lowest BCUT2D eigenvalue weighted by molar-refractivity contribution is -0.101. The molecule has 17 heavy (non-hydrogen) atoms. The van der Waals surface area contributed by atoms with Gasteiger partial charge in [-0.15, -0.1) is 0 Å². The van der Waals surface area contributed by atoms with Gasteiger partial charge >= 0.3 is 0 Å². The summed E-state index contributed by atoms with van der Waals surface area (Å²) in [6.45, 7) is 4.05. The van der Waals surface area contributed by atoms with Gasteiger partial charge < -0.3 is 9.47 Å². The van der Waals surface area contributed by atoms with Crippen LogP contribution in [-0.4, -0.2) is 32.0 Å². The van der Waals surface area contributed by atoms with E-state index in [1.165, 1.54) is 11.1 Å². The number of aryl methyl sites for hydroxylation is 1. The van der Waals surface area contributed by atoms with Crippen LogP contribution in [0.1, 0.15) is 11.1 Å². The van der Waals surface area contributed by atoms with Crippen molar-refractivity contribution in [3.05, 3.63) is 35.4 Å². The van der Waals surface area contributed by atoms with Crippen molar-refractivity contribution in [3.8, 4) is 0 Å². The molecule has 0 spiro atoms. The van der Waals surface area contributed by atoms with E-state index in [0.29, 0.717) is 19.8 Å². The third kappa shape index (κ3) is 3.26. The molecule has 1 aliphatic heterocycles. The van der Waals surface area contributed by atoms with Crippen molar-refractivity contribution in [2.75, 3.05) is 19.8 Å². The molecule has 3 N–H and O–H groups in total. The lowest BCUT2D eigenvalue weighted by atomic mass is 9.98. The molecule has 0 bridgehead atoms. The first-order valence-electron chi connectivity index (χ1n) is 6.01. The van der Waals surface area contributed by atoms with E-state index in [1.54, 1.807) is 0 Å². The molecule has 2 rings (SSSR count). The molecule has 1 fully saturated rings. The zero-order chi connectivity index (χ0) is 12.1. The minimum absolute atomic E-state index is 0.0355. The van der Waals surface area contributed by atoms with Gasteiger partial charge in [-0.05, 0) is 24.5 Å². The van der Waals surface area contributed by atoms with Gasteiger partial charge in [0.2, 0.25) is 0 Å². The molecule has 2 unspecified atom stereocenters. The van der Waals surface area contributed by atoms with Gasteiger partial charge in [-0.25, -0.2) is 0 Å². The largest absolute Gasteiger partial charge is 0.376 e. The molecule has 0 saturated carbocycles. The van der Waals surface area contributed by atoms with Crippen molar-refractivity contribution >= 4 is 0 Å². The van der Waals surface area contributed by atoms with Crippen LogP contribution in [0.5, 0.6) is 0 Å². The molecule has 0 radical (unpaired) electrons. The first-order chi connectivity index (χ1) is 8.31. The molecular formula is C13H20N2O2. The Hall–Kier alpha value is -0.940. The Balaban J connectivity index is 2.01. The smallest absolute Gasteiger partial charge is 0.0978 e. The lowest BCUT2D eigenvalue weighted by Gasteiger charge is -2.30. The van der Waals surface area contributed by atoms with Crippen LogP contribution in [0.2, 0.25) is 0 Å². The summed E-state index contributed by atoms with van der Waals surface area (Å²) < 4.78 is 11.1. The summed E-state index contributed by atoms with van der Waals surface area (Å²) in [4.78, 5) is 0. The quantitative estimate of drug-likeness (QED) is 0.599. The first-order valence-corrected chi connectivity index (χ1v) is 6.01. The van der Waals surface area contributed by atoms with Crippen LogP contribution in [0.4, 0.5) is 0 Å². The number of rotatable bonds is 4. The predicted molar refractivity (Wildman–Crippen MR) is 66.6 cm³/mol. The highest BCUT2D eigenvalue weighted by Crippen LogP contribution is 2.14. The number of hydrogen-bond acceptors (Lipinski definition) is 4. The molecule has 2 atom stereocenters. The van der Waals surface area contributed by atoms with Crippen LogP contribution < -0.4 is 11.3 Å². The maximum Gasteiger partial charge on any atom is 0.0978 e. The zero-order valence-corrected chi connectivity index (χ0v) is 10.2. The molecular weight excluding hydrogens is 216 g/mol. The summed E-state index contributed by atoms with van der Waals surface area (Å²) in [6.07, 6.45) is 0.894. The van der Waals surface area contributed by atoms with Crippen molar-refractivity contribution in [3.63, 3.8) is 0 Å². The monoisotopic (exact) mass is 236 g/mol. The van der Waals surface area contributed by atoms with Crippen molar-refractivity contribution in [1.29, 1.82) is 0 Å². The van der Waals surface area contributed by atoms with Crippen LogP contribution in [0.15, 0.2) is 24.3 Å². The van der Waals surface area contributed by atoms with Crippen LogP contribution >= 0.6 is 0 Å². The molecule has 1 heterocycles. The topological polar surface area (TPSA) is 56.5 Å². The number of hydrazine groups is 1. The second kappa shape index (κ2) is 6.12. The normalized spacial score (nSPS) is 22.4. The van der Waals surface area contributed by atoms with Gasteiger partial charge in [0.1, 0.15) is 0 Å². The number of nitrogens with one attached hydrogen (secondary N) is 1. The molecule has 1 aromatic carbocycles. The summed E-state index contributed by atoms with van der Waals surface area (Å²) in [7, 11) is 0. The summed E-state index contributed by atoms with van der Waals surface area (Å²) in [6, 6.07) is 8.43. The summed E-state index contributed by atoms with van der Waals surface area (Å²) in [5, 5.41) is 0. The van der Waals surface area contributed by atoms with Crippen molar-refractivity contribution in [2.24, 2.45) is 5.84 Å². The second-order valence-electron chi connectivity index (χ2n) is 4.39. The van der Waals surface area contributed by atoms with Gasteiger partial charge in [-0.1, -0.05) is 24.3 Å². The van der Waals surface area contributed by atoms with E-state index >= 15 is 0 Å². The maximum absolute atomic E-state index is 5.68. The lowest BCUT2D eigenvalue weighted by Crippen LogP contribution is -2.50. The molecule has 4 heteroatoms. The average molecular weight is 236 g/mol. The van der Waals surface area contributed by atoms with Gasteiger partial charge in [0.05, 0.1) is 32.0 Å². The van der Waals surface area contributed by atoms with Crippen LogP contribution in [0, 0.1) is 6.92 Å². The fraction of sp³-hybridized carbons (Fsp3) is 0.538. The van der Waals surface area contributed by atoms with E-state index < -0.39 is 0 Å². The third-order valence-corrected chi connectivity index (χ3v) is 3.21. The van der Waals surface area contributed by atoms with Crippen molar-refractivity contribution in [2.45, 2.75) is 25.5 Å². The van der Waals surface area contributed by atoms with E-state index in [1.807, 2.05) is 12.1 Å². The summed E-state index contributed by atoms with van der Waals surface area (Å²) in [5.74, 6) is 5.62. The predicted octanol–water partition coefficient (Wildman–Crippen LogP) is 0.785. The summed E-state index contributed by atoms with van der Waals surface area (Å²) in [5.41, 5.74) is 5.42. The Kier molecular flexibility index (Phi) is 4.50. The molecule has 4 nitrogen and oxygen atoms in total. The van der Waals surface area contributed by atoms with Crippen LogP contribution in [0.25, 0.3) is 0 Å². The fourth-order valence-corrected chi connectivity index (χ4v) is 2.11. The van der Waals surface area contributed by atoms with E-state index in [4.69, 9.17) is 15.3 Å². The number of nitrogens with two attached hydrogens (primary N) is 1. The van der Waals surface area contributed by atoms with Gasteiger partial charge in [-0.3, -0.25) is 11.3 Å². The molecule has 1 aliphatic rings. The van der Waals surface area contributed by atoms with Crippen LogP contribution in [-0.2, 0) is 15.9 Å². The van der Waals surface area contributed by atoms with E-state index in [-0.39, 0.29) is 12.1 Å². The van der Waals surface area contributed by atoms with Gasteiger partial charge in [0, 0.05) is 0 Å². The van der Waals surface area contributed by atoms with E-state index in [2.05, 4.69) is 24.5 Å². The van der Waals surface area contributed by atoms with Gasteiger partial charge in [0.15, 0.2) is 0 Å². The Morgan fingerprint density at radius 3 is 2.88 bits per heavy atom. The molecule has 94 valence electrons. The van der Waals surface area contributed by atoms with E-state index in [0.717, 1.165) is 6.42 Å². The van der Waals surface area contributed by atoms with Crippen LogP contribution in [0.3, 0.4) is 0 Å². The second-order valence-corrected chi connectivity index (χ2v) is 4.39. The standard InChI is InChI=1S/C13H20N2O2/c1-10-4-2-3-5-11(10)8-12(15-14)13-9-16-6-7-17-13/h2-5,12-13,15H,6-9,14H2,1H3. The summed E-state index contributed by atoms with van der Waals surface area (Å²) >= 11 is 0. The molecule has 0 aliphatic carbocycles. The maximum atomic E-state index is 5.68. The highest BCUT2D eigenvalue weighted by Gasteiger charge is 2.24. The van der Waals surface area contributed by atoms with Gasteiger partial charge in [0.25, 0.3) is 0 Å². The van der Waals surface area contributed by atoms with Crippen molar-refractivity contribution < 1.29 is 9.47 Å². The minimum Gasteiger partial charge on any atom is -0.376 e. The SMILES string of the molecule is Cc1ccccc1CC(NN)C1COCCO1. The highest BCUT2D eigenvalue weighted by molar-refractivity contribution is 5.26. The molecule has 0 amide bonds. The number of benzene rings is 1. The number of hydrogen-bond donors (Lipinski definition) is 2. The van der Waals surface area contributed by atoms with E-state index in [9.17, 15) is 0 Å². The highest BCUT2D eigenvalue weighted by atomic mass is 16.6. The minimum atomic E-state index is 0.0355.